The number of rotatable bonds is 6. The maximum atomic E-state index is 9.51. The zero-order valence-electron chi connectivity index (χ0n) is 45.9. The topological polar surface area (TPSA) is 283 Å². The van der Waals surface area contributed by atoms with Crippen LogP contribution in [0, 0.1) is 41.5 Å². The molecule has 11 heterocycles. The number of piperazine rings is 2. The highest BCUT2D eigenvalue weighted by atomic mass is 35.5. The molecule has 420 valence electrons. The minimum Gasteiger partial charge on any atom is -0.508 e. The molecule has 26 heteroatoms. The number of anilines is 3. The Bertz CT molecular complexity index is 3910. The van der Waals surface area contributed by atoms with E-state index in [1.54, 1.807) is 67.9 Å². The summed E-state index contributed by atoms with van der Waals surface area (Å²) in [4.78, 5) is 60.6. The highest BCUT2D eigenvalue weighted by molar-refractivity contribution is 6.58. The van der Waals surface area contributed by atoms with Gasteiger partial charge in [0, 0.05) is 94.0 Å². The van der Waals surface area contributed by atoms with Crippen molar-refractivity contribution >= 4 is 86.6 Å². The molecule has 2 aliphatic heterocycles. The molecule has 23 nitrogen and oxygen atoms in total. The number of phenols is 2. The van der Waals surface area contributed by atoms with Crippen LogP contribution in [0.1, 0.15) is 33.8 Å². The molecule has 0 atom stereocenters. The number of benzene rings is 2. The summed E-state index contributed by atoms with van der Waals surface area (Å²) in [6.07, 6.45) is 15.4. The molecular weight excluding hydrogens is 1080 g/mol. The van der Waals surface area contributed by atoms with Crippen molar-refractivity contribution in [3.63, 3.8) is 0 Å². The number of fused-ring (bicyclic) bond motifs is 3. The summed E-state index contributed by atoms with van der Waals surface area (Å²) in [6.45, 7) is 19.1. The standard InChI is InChI=1S/C22H23N7O.C12H10ClN5.C10H14N2O.C6H8BNO2.C6H5ClN4/c1-15-11-18(13-23-12-15)29-14-24-20-16(2)25-22(26-21(20)29)28-9-7-27(8-10-28)17-3-5-19(30)6-4-17;1-7-3-9(5-14-4-7)18-6-15-10-8(2)16-12(13)17-11(10)18;13-10-3-1-9(2-4-10)12-7-5-11-6-8-12;1-5-2-6(7(9)10)4-8-3-5;1-3-4-5(9-2-8-4)11-6(7)10-3/h3-6,11-14,30H,7-10H2,1-2H3;3-6H,1-2H3;1-4,11,13H,5-8H2;2-4,9-10H,1H3;2H,1H3,(H,8,9,10,11). The average Bonchev–Trinajstić information content (AvgIpc) is 4.43. The Balaban J connectivity index is 0.000000133. The number of nitrogens with one attached hydrogen (secondary N) is 2. The third kappa shape index (κ3) is 14.5. The number of aromatic hydroxyl groups is 2. The summed E-state index contributed by atoms with van der Waals surface area (Å²) >= 11 is 11.5. The van der Waals surface area contributed by atoms with Gasteiger partial charge in [0.05, 0.1) is 47.2 Å². The van der Waals surface area contributed by atoms with E-state index in [0.29, 0.717) is 22.5 Å². The number of aromatic nitrogens is 15. The SMILES string of the molecule is Cc1cncc(-n2cnc3c(C)nc(Cl)nc32)c1.Cc1cncc(-n2cnc3c(C)nc(N4CCN(c5ccc(O)cc5)CC4)nc32)c1.Cc1cncc(B(O)O)c1.Cc1nc(Cl)nc2nc[nH]c12.Oc1ccc(N2CCNCC2)cc1. The maximum absolute atomic E-state index is 9.51. The number of phenolic OH excluding ortho intramolecular Hbond substituents is 2. The van der Waals surface area contributed by atoms with Gasteiger partial charge in [-0.15, -0.1) is 0 Å². The zero-order valence-corrected chi connectivity index (χ0v) is 47.4. The van der Waals surface area contributed by atoms with Gasteiger partial charge in [-0.05, 0) is 142 Å². The molecule has 0 bridgehead atoms. The summed E-state index contributed by atoms with van der Waals surface area (Å²) in [6, 6.07) is 20.5. The first kappa shape index (κ1) is 57.7. The van der Waals surface area contributed by atoms with E-state index in [0.717, 1.165) is 131 Å². The van der Waals surface area contributed by atoms with E-state index >= 15 is 0 Å². The number of pyridine rings is 3. The van der Waals surface area contributed by atoms with Crippen LogP contribution in [-0.4, -0.2) is 154 Å². The van der Waals surface area contributed by atoms with Gasteiger partial charge in [0.1, 0.15) is 40.7 Å². The Kier molecular flexibility index (Phi) is 18.7. The van der Waals surface area contributed by atoms with Gasteiger partial charge >= 0.3 is 7.12 Å². The Morgan fingerprint density at radius 2 is 0.963 bits per heavy atom. The van der Waals surface area contributed by atoms with Crippen LogP contribution in [0.2, 0.25) is 10.6 Å². The normalized spacial score (nSPS) is 13.1. The summed E-state index contributed by atoms with van der Waals surface area (Å²) in [7, 11) is -1.41. The minimum atomic E-state index is -1.41. The molecule has 2 fully saturated rings. The van der Waals surface area contributed by atoms with Gasteiger partial charge in [-0.3, -0.25) is 24.1 Å². The van der Waals surface area contributed by atoms with E-state index < -0.39 is 7.12 Å². The monoisotopic (exact) mass is 1140 g/mol. The van der Waals surface area contributed by atoms with Crippen molar-refractivity contribution in [2.45, 2.75) is 41.5 Å². The van der Waals surface area contributed by atoms with Crippen molar-refractivity contribution in [1.29, 1.82) is 0 Å². The zero-order chi connectivity index (χ0) is 57.9. The van der Waals surface area contributed by atoms with Crippen LogP contribution in [0.5, 0.6) is 11.5 Å². The van der Waals surface area contributed by atoms with Crippen molar-refractivity contribution in [1.82, 2.24) is 79.2 Å². The molecule has 0 spiro atoms. The van der Waals surface area contributed by atoms with E-state index in [-0.39, 0.29) is 16.3 Å². The van der Waals surface area contributed by atoms with Crippen molar-refractivity contribution in [2.75, 3.05) is 67.1 Å². The smallest absolute Gasteiger partial charge is 0.490 e. The van der Waals surface area contributed by atoms with Gasteiger partial charge in [-0.25, -0.2) is 29.9 Å². The van der Waals surface area contributed by atoms with Gasteiger partial charge < -0.3 is 45.3 Å². The summed E-state index contributed by atoms with van der Waals surface area (Å²) < 4.78 is 3.83. The average molecular weight is 1140 g/mol. The number of hydrogen-bond donors (Lipinski definition) is 6. The molecule has 2 saturated heterocycles. The van der Waals surface area contributed by atoms with Gasteiger partial charge in [0.2, 0.25) is 16.5 Å². The predicted octanol–water partition coefficient (Wildman–Crippen LogP) is 6.53. The Labute approximate surface area is 482 Å². The molecule has 2 aliphatic rings. The molecule has 82 heavy (non-hydrogen) atoms. The number of halogens is 2. The van der Waals surface area contributed by atoms with E-state index in [9.17, 15) is 5.11 Å². The lowest BCUT2D eigenvalue weighted by Gasteiger charge is -2.36. The van der Waals surface area contributed by atoms with E-state index in [1.807, 2.05) is 93.4 Å². The first-order valence-corrected chi connectivity index (χ1v) is 26.9. The lowest BCUT2D eigenvalue weighted by atomic mass is 9.81. The van der Waals surface area contributed by atoms with Crippen LogP contribution in [0.25, 0.3) is 44.9 Å². The van der Waals surface area contributed by atoms with E-state index in [1.165, 1.54) is 11.9 Å². The number of H-pyrrole nitrogens is 1. The molecule has 2 aromatic carbocycles. The molecular formula is C56H60BCl2N19O4. The van der Waals surface area contributed by atoms with Gasteiger partial charge in [0.25, 0.3) is 0 Å². The quantitative estimate of drug-likeness (QED) is 0.0762. The van der Waals surface area contributed by atoms with Crippen molar-refractivity contribution < 1.29 is 20.3 Å². The van der Waals surface area contributed by atoms with Gasteiger partial charge in [-0.2, -0.15) is 15.0 Å². The summed E-state index contributed by atoms with van der Waals surface area (Å²) in [5, 5.41) is 39.7. The Hall–Kier alpha value is -8.94. The highest BCUT2D eigenvalue weighted by Gasteiger charge is 2.22. The van der Waals surface area contributed by atoms with Crippen LogP contribution in [0.4, 0.5) is 17.3 Å². The third-order valence-electron chi connectivity index (χ3n) is 13.1. The van der Waals surface area contributed by atoms with Crippen LogP contribution in [-0.2, 0) is 0 Å². The fourth-order valence-corrected chi connectivity index (χ4v) is 9.39. The maximum Gasteiger partial charge on any atom is 0.490 e. The lowest BCUT2D eigenvalue weighted by Crippen LogP contribution is -2.47. The molecule has 0 saturated carbocycles. The van der Waals surface area contributed by atoms with Gasteiger partial charge in [-0.1, -0.05) is 6.07 Å². The molecule has 0 aliphatic carbocycles. The summed E-state index contributed by atoms with van der Waals surface area (Å²) in [5.74, 6) is 1.35. The van der Waals surface area contributed by atoms with Gasteiger partial charge in [0.15, 0.2) is 16.9 Å². The molecule has 9 aromatic heterocycles. The Morgan fingerprint density at radius 1 is 0.488 bits per heavy atom. The first-order chi connectivity index (χ1) is 39.6. The van der Waals surface area contributed by atoms with Crippen LogP contribution in [0.3, 0.4) is 0 Å². The lowest BCUT2D eigenvalue weighted by molar-refractivity contribution is 0.425. The number of imidazole rings is 3. The predicted molar refractivity (Wildman–Crippen MR) is 319 cm³/mol. The third-order valence-corrected chi connectivity index (χ3v) is 13.5. The Morgan fingerprint density at radius 3 is 1.49 bits per heavy atom. The van der Waals surface area contributed by atoms with E-state index in [2.05, 4.69) is 80.9 Å². The largest absolute Gasteiger partial charge is 0.508 e. The second-order valence-electron chi connectivity index (χ2n) is 19.3. The molecule has 0 unspecified atom stereocenters. The first-order valence-electron chi connectivity index (χ1n) is 26.1. The summed E-state index contributed by atoms with van der Waals surface area (Å²) in [5.41, 5.74) is 14.6. The fraction of sp³-hybridized carbons (Fsp3) is 0.250. The molecule has 13 rings (SSSR count). The molecule has 0 radical (unpaired) electrons. The van der Waals surface area contributed by atoms with Crippen LogP contribution < -0.4 is 25.5 Å². The number of nitrogens with zero attached hydrogens (tertiary/aromatic N) is 17. The van der Waals surface area contributed by atoms with Crippen LogP contribution in [0.15, 0.2) is 123 Å². The highest BCUT2D eigenvalue weighted by Crippen LogP contribution is 2.26. The minimum absolute atomic E-state index is 0.224. The second-order valence-corrected chi connectivity index (χ2v) is 20.0. The van der Waals surface area contributed by atoms with E-state index in [4.69, 9.17) is 48.3 Å². The number of aryl methyl sites for hydroxylation is 6. The van der Waals surface area contributed by atoms with Crippen molar-refractivity contribution in [3.8, 4) is 22.9 Å². The number of aromatic amines is 1. The molecule has 0 amide bonds. The fourth-order valence-electron chi connectivity index (χ4n) is 8.97. The second kappa shape index (κ2) is 26.6. The molecule has 11 aromatic rings. The molecule has 6 N–H and O–H groups in total. The number of hydrogen-bond acceptors (Lipinski definition) is 20. The van der Waals surface area contributed by atoms with Crippen molar-refractivity contribution in [2.24, 2.45) is 0 Å². The van der Waals surface area contributed by atoms with Crippen LogP contribution >= 0.6 is 23.2 Å². The van der Waals surface area contributed by atoms with Crippen molar-refractivity contribution in [3.05, 3.63) is 167 Å².